The first-order chi connectivity index (χ1) is 19.0. The second kappa shape index (κ2) is 13.8. The zero-order valence-electron chi connectivity index (χ0n) is 24.4. The highest BCUT2D eigenvalue weighted by Crippen LogP contribution is 2.26. The molecule has 0 aromatic heterocycles. The van der Waals surface area contributed by atoms with E-state index in [0.29, 0.717) is 24.2 Å². The molecular weight excluding hydrogens is 502 g/mol. The number of anilines is 1. The molecule has 7 heteroatoms. The molecule has 3 aromatic carbocycles. The summed E-state index contributed by atoms with van der Waals surface area (Å²) in [4.78, 5) is 42.7. The van der Waals surface area contributed by atoms with Crippen LogP contribution in [-0.4, -0.2) is 41.0 Å². The molecule has 0 aliphatic carbocycles. The third-order valence-corrected chi connectivity index (χ3v) is 6.38. The van der Waals surface area contributed by atoms with E-state index in [9.17, 15) is 14.4 Å². The van der Waals surface area contributed by atoms with Gasteiger partial charge in [-0.15, -0.1) is 0 Å². The van der Waals surface area contributed by atoms with E-state index in [1.54, 1.807) is 25.7 Å². The Hall–Kier alpha value is -4.13. The van der Waals surface area contributed by atoms with Crippen molar-refractivity contribution in [1.82, 2.24) is 10.2 Å². The lowest BCUT2D eigenvalue weighted by Gasteiger charge is -2.34. The fourth-order valence-corrected chi connectivity index (χ4v) is 4.44. The number of rotatable bonds is 10. The molecule has 0 spiro atoms. The van der Waals surface area contributed by atoms with Crippen LogP contribution in [-0.2, 0) is 20.7 Å². The Labute approximate surface area is 237 Å². The fourth-order valence-electron chi connectivity index (χ4n) is 4.44. The molecule has 3 amide bonds. The van der Waals surface area contributed by atoms with Crippen molar-refractivity contribution in [2.75, 3.05) is 11.9 Å². The van der Waals surface area contributed by atoms with Crippen molar-refractivity contribution >= 4 is 23.6 Å². The first kappa shape index (κ1) is 30.4. The van der Waals surface area contributed by atoms with Crippen LogP contribution in [0.5, 0.6) is 0 Å². The van der Waals surface area contributed by atoms with Gasteiger partial charge in [-0.2, -0.15) is 0 Å². The average Bonchev–Trinajstić information content (AvgIpc) is 2.89. The van der Waals surface area contributed by atoms with Gasteiger partial charge in [0.25, 0.3) is 5.91 Å². The average molecular weight is 544 g/mol. The van der Waals surface area contributed by atoms with E-state index in [1.807, 2.05) is 99.6 Å². The minimum Gasteiger partial charge on any atom is -0.444 e. The monoisotopic (exact) mass is 543 g/mol. The Morgan fingerprint density at radius 2 is 1.50 bits per heavy atom. The molecular formula is C33H41N3O4. The summed E-state index contributed by atoms with van der Waals surface area (Å²) in [5, 5.41) is 5.82. The van der Waals surface area contributed by atoms with Crippen molar-refractivity contribution in [1.29, 1.82) is 0 Å². The number of nitrogens with zero attached hydrogens (tertiary/aromatic N) is 1. The van der Waals surface area contributed by atoms with Crippen LogP contribution in [0, 0.1) is 13.8 Å². The molecule has 7 nitrogen and oxygen atoms in total. The molecule has 0 aliphatic heterocycles. The Morgan fingerprint density at radius 1 is 0.875 bits per heavy atom. The Morgan fingerprint density at radius 3 is 2.10 bits per heavy atom. The highest BCUT2D eigenvalue weighted by atomic mass is 16.6. The topological polar surface area (TPSA) is 87.7 Å². The predicted octanol–water partition coefficient (Wildman–Crippen LogP) is 6.36. The number of para-hydroxylation sites is 1. The Kier molecular flexibility index (Phi) is 10.5. The van der Waals surface area contributed by atoms with E-state index in [4.69, 9.17) is 4.74 Å². The van der Waals surface area contributed by atoms with Gasteiger partial charge >= 0.3 is 6.09 Å². The summed E-state index contributed by atoms with van der Waals surface area (Å²) in [6.45, 7) is 11.5. The number of hydrogen-bond donors (Lipinski definition) is 2. The van der Waals surface area contributed by atoms with Crippen molar-refractivity contribution in [3.8, 4) is 0 Å². The highest BCUT2D eigenvalue weighted by Gasteiger charge is 2.36. The molecule has 0 saturated heterocycles. The van der Waals surface area contributed by atoms with Crippen LogP contribution < -0.4 is 10.6 Å². The first-order valence-electron chi connectivity index (χ1n) is 13.8. The molecule has 0 saturated carbocycles. The minimum atomic E-state index is -0.942. The fraction of sp³-hybridized carbons (Fsp3) is 0.364. The van der Waals surface area contributed by atoms with Crippen LogP contribution >= 0.6 is 0 Å². The molecule has 0 aliphatic rings. The van der Waals surface area contributed by atoms with Gasteiger partial charge in [0.15, 0.2) is 0 Å². The van der Waals surface area contributed by atoms with Crippen molar-refractivity contribution in [2.24, 2.45) is 0 Å². The standard InChI is InChI=1S/C33H41N3O4/c1-7-21-36(31(38)28(22-25-14-9-8-10-15-25)35-32(39)40-33(4,5)6)29(26-19-17-23(2)18-20-26)30(37)34-27-16-12-11-13-24(27)3/h8-20,28-29H,7,21-22H2,1-6H3,(H,34,37)(H,35,39). The number of carbonyl (C=O) groups is 3. The molecule has 0 bridgehead atoms. The summed E-state index contributed by atoms with van der Waals surface area (Å²) in [7, 11) is 0. The van der Waals surface area contributed by atoms with Gasteiger partial charge in [0, 0.05) is 18.7 Å². The van der Waals surface area contributed by atoms with Gasteiger partial charge in [-0.25, -0.2) is 4.79 Å². The summed E-state index contributed by atoms with van der Waals surface area (Å²) in [6.07, 6.45) is 0.185. The van der Waals surface area contributed by atoms with E-state index in [0.717, 1.165) is 16.7 Å². The SMILES string of the molecule is CCCN(C(=O)C(Cc1ccccc1)NC(=O)OC(C)(C)C)C(C(=O)Nc1ccccc1C)c1ccc(C)cc1. The molecule has 2 unspecified atom stereocenters. The number of hydrogen-bond acceptors (Lipinski definition) is 4. The van der Waals surface area contributed by atoms with Crippen molar-refractivity contribution < 1.29 is 19.1 Å². The molecule has 0 fully saturated rings. The smallest absolute Gasteiger partial charge is 0.408 e. The van der Waals surface area contributed by atoms with Crippen LogP contribution in [0.1, 0.15) is 62.4 Å². The quantitative estimate of drug-likeness (QED) is 0.312. The minimum absolute atomic E-state index is 0.249. The third kappa shape index (κ3) is 8.70. The van der Waals surface area contributed by atoms with Gasteiger partial charge < -0.3 is 20.3 Å². The molecule has 2 N–H and O–H groups in total. The van der Waals surface area contributed by atoms with Crippen LogP contribution in [0.4, 0.5) is 10.5 Å². The molecule has 3 aromatic rings. The summed E-state index contributed by atoms with van der Waals surface area (Å²) < 4.78 is 5.49. The number of alkyl carbamates (subject to hydrolysis) is 1. The molecule has 212 valence electrons. The highest BCUT2D eigenvalue weighted by molar-refractivity contribution is 5.99. The molecule has 40 heavy (non-hydrogen) atoms. The van der Waals surface area contributed by atoms with Crippen LogP contribution in [0.25, 0.3) is 0 Å². The second-order valence-electron chi connectivity index (χ2n) is 11.0. The van der Waals surface area contributed by atoms with Crippen LogP contribution in [0.2, 0.25) is 0 Å². The van der Waals surface area contributed by atoms with Gasteiger partial charge in [0.2, 0.25) is 5.91 Å². The number of amides is 3. The van der Waals surface area contributed by atoms with E-state index >= 15 is 0 Å². The molecule has 2 atom stereocenters. The van der Waals surface area contributed by atoms with Gasteiger partial charge in [-0.05, 0) is 63.8 Å². The first-order valence-corrected chi connectivity index (χ1v) is 13.8. The van der Waals surface area contributed by atoms with Gasteiger partial charge in [0.1, 0.15) is 17.7 Å². The van der Waals surface area contributed by atoms with Gasteiger partial charge in [0.05, 0.1) is 0 Å². The van der Waals surface area contributed by atoms with Crippen LogP contribution in [0.3, 0.4) is 0 Å². The normalized spacial score (nSPS) is 12.7. The maximum absolute atomic E-state index is 14.3. The van der Waals surface area contributed by atoms with Gasteiger partial charge in [-0.1, -0.05) is 85.3 Å². The largest absolute Gasteiger partial charge is 0.444 e. The third-order valence-electron chi connectivity index (χ3n) is 6.38. The zero-order chi connectivity index (χ0) is 29.3. The molecule has 0 radical (unpaired) electrons. The van der Waals surface area contributed by atoms with Gasteiger partial charge in [-0.3, -0.25) is 9.59 Å². The summed E-state index contributed by atoms with van der Waals surface area (Å²) >= 11 is 0. The number of benzene rings is 3. The summed E-state index contributed by atoms with van der Waals surface area (Å²) in [5.74, 6) is -0.683. The summed E-state index contributed by atoms with van der Waals surface area (Å²) in [5.41, 5.74) is 3.48. The number of carbonyl (C=O) groups excluding carboxylic acids is 3. The molecule has 0 heterocycles. The number of ether oxygens (including phenoxy) is 1. The predicted molar refractivity (Wildman–Crippen MR) is 159 cm³/mol. The number of nitrogens with one attached hydrogen (secondary N) is 2. The van der Waals surface area contributed by atoms with Crippen molar-refractivity contribution in [3.05, 3.63) is 101 Å². The lowest BCUT2D eigenvalue weighted by Crippen LogP contribution is -2.53. The Bertz CT molecular complexity index is 1280. The Balaban J connectivity index is 2.03. The number of aryl methyl sites for hydroxylation is 2. The van der Waals surface area contributed by atoms with E-state index < -0.39 is 23.8 Å². The second-order valence-corrected chi connectivity index (χ2v) is 11.0. The van der Waals surface area contributed by atoms with E-state index in [1.165, 1.54) is 0 Å². The maximum Gasteiger partial charge on any atom is 0.408 e. The van der Waals surface area contributed by atoms with E-state index in [-0.39, 0.29) is 18.2 Å². The zero-order valence-corrected chi connectivity index (χ0v) is 24.4. The summed E-state index contributed by atoms with van der Waals surface area (Å²) in [6, 6.07) is 22.8. The molecule has 3 rings (SSSR count). The van der Waals surface area contributed by atoms with Crippen molar-refractivity contribution in [3.63, 3.8) is 0 Å². The lowest BCUT2D eigenvalue weighted by molar-refractivity contribution is -0.140. The van der Waals surface area contributed by atoms with E-state index in [2.05, 4.69) is 10.6 Å². The van der Waals surface area contributed by atoms with Crippen LogP contribution in [0.15, 0.2) is 78.9 Å². The van der Waals surface area contributed by atoms with Crippen molar-refractivity contribution in [2.45, 2.75) is 72.1 Å². The lowest BCUT2D eigenvalue weighted by atomic mass is 9.99. The maximum atomic E-state index is 14.3.